The number of hydrogen-bond donors (Lipinski definition) is 2. The van der Waals surface area contributed by atoms with Crippen molar-refractivity contribution in [1.29, 1.82) is 0 Å². The average molecular weight is 520 g/mol. The first kappa shape index (κ1) is 23.7. The summed E-state index contributed by atoms with van der Waals surface area (Å²) in [6.07, 6.45) is 6.48. The topological polar surface area (TPSA) is 76.4 Å². The smallest absolute Gasteiger partial charge is 0.219 e. The van der Waals surface area contributed by atoms with Crippen LogP contribution >= 0.6 is 24.0 Å². The fourth-order valence-corrected chi connectivity index (χ4v) is 2.80. The molecular weight excluding hydrogens is 491 g/mol. The summed E-state index contributed by atoms with van der Waals surface area (Å²) in [6, 6.07) is 11.9. The molecule has 0 saturated heterocycles. The van der Waals surface area contributed by atoms with E-state index in [-0.39, 0.29) is 24.0 Å². The van der Waals surface area contributed by atoms with Gasteiger partial charge in [-0.15, -0.1) is 24.0 Å². The van der Waals surface area contributed by atoms with Crippen LogP contribution in [-0.2, 0) is 13.1 Å². The molecule has 0 aliphatic heterocycles. The lowest BCUT2D eigenvalue weighted by atomic mass is 10.1. The standard InChI is InChI=1S/C22H28N6O.HI/c1-17-6-7-20(14-18(17)2)29-21-15-19(8-11-24-21)16-26-22(23-3)25-9-4-12-28-13-5-10-27-28;/h5-8,10-11,13-15H,4,9,12,16H2,1-3H3,(H2,23,25,26);1H. The first-order chi connectivity index (χ1) is 14.1. The fraction of sp³-hybridized carbons (Fsp3) is 0.318. The number of nitrogens with zero attached hydrogens (tertiary/aromatic N) is 4. The Bertz CT molecular complexity index is 943. The molecule has 30 heavy (non-hydrogen) atoms. The van der Waals surface area contributed by atoms with E-state index in [9.17, 15) is 0 Å². The minimum absolute atomic E-state index is 0. The van der Waals surface area contributed by atoms with Gasteiger partial charge in [-0.1, -0.05) is 6.07 Å². The lowest BCUT2D eigenvalue weighted by Gasteiger charge is -2.13. The van der Waals surface area contributed by atoms with Crippen LogP contribution in [0.2, 0.25) is 0 Å². The summed E-state index contributed by atoms with van der Waals surface area (Å²) in [6.45, 7) is 6.48. The highest BCUT2D eigenvalue weighted by molar-refractivity contribution is 14.0. The maximum Gasteiger partial charge on any atom is 0.219 e. The number of rotatable bonds is 8. The van der Waals surface area contributed by atoms with Crippen molar-refractivity contribution in [3.63, 3.8) is 0 Å². The molecule has 0 atom stereocenters. The summed E-state index contributed by atoms with van der Waals surface area (Å²) in [4.78, 5) is 8.59. The molecule has 0 spiro atoms. The normalized spacial score (nSPS) is 11.0. The summed E-state index contributed by atoms with van der Waals surface area (Å²) >= 11 is 0. The number of halogens is 1. The highest BCUT2D eigenvalue weighted by atomic mass is 127. The van der Waals surface area contributed by atoms with Crippen LogP contribution in [0, 0.1) is 13.8 Å². The number of aryl methyl sites for hydroxylation is 3. The highest BCUT2D eigenvalue weighted by Gasteiger charge is 2.04. The molecule has 2 N–H and O–H groups in total. The molecule has 0 amide bonds. The fourth-order valence-electron chi connectivity index (χ4n) is 2.80. The molecule has 0 aliphatic carbocycles. The number of guanidine groups is 1. The zero-order valence-electron chi connectivity index (χ0n) is 17.6. The SMILES string of the molecule is CN=C(NCCCn1cccn1)NCc1ccnc(Oc2ccc(C)c(C)c2)c1.I. The molecule has 8 heteroatoms. The van der Waals surface area contributed by atoms with Crippen LogP contribution in [0.15, 0.2) is 60.0 Å². The predicted octanol–water partition coefficient (Wildman–Crippen LogP) is 4.06. The number of nitrogens with one attached hydrogen (secondary N) is 2. The third-order valence-electron chi connectivity index (χ3n) is 4.60. The monoisotopic (exact) mass is 520 g/mol. The molecular formula is C22H29IN6O. The van der Waals surface area contributed by atoms with E-state index in [2.05, 4.69) is 45.6 Å². The third kappa shape index (κ3) is 7.33. The van der Waals surface area contributed by atoms with Crippen LogP contribution in [0.4, 0.5) is 0 Å². The molecule has 7 nitrogen and oxygen atoms in total. The Morgan fingerprint density at radius 3 is 2.70 bits per heavy atom. The Hall–Kier alpha value is -2.62. The van der Waals surface area contributed by atoms with Gasteiger partial charge in [0.1, 0.15) is 5.75 Å². The molecule has 3 rings (SSSR count). The number of aliphatic imine (C=N–C) groups is 1. The summed E-state index contributed by atoms with van der Waals surface area (Å²) in [5, 5.41) is 10.8. The largest absolute Gasteiger partial charge is 0.439 e. The highest BCUT2D eigenvalue weighted by Crippen LogP contribution is 2.22. The first-order valence-corrected chi connectivity index (χ1v) is 9.76. The minimum atomic E-state index is 0. The first-order valence-electron chi connectivity index (χ1n) is 9.76. The molecule has 0 fully saturated rings. The van der Waals surface area contributed by atoms with E-state index in [0.29, 0.717) is 12.4 Å². The van der Waals surface area contributed by atoms with Crippen LogP contribution < -0.4 is 15.4 Å². The van der Waals surface area contributed by atoms with E-state index in [1.807, 2.05) is 41.2 Å². The molecule has 160 valence electrons. The Kier molecular flexibility index (Phi) is 9.59. The summed E-state index contributed by atoms with van der Waals surface area (Å²) in [5.41, 5.74) is 3.51. The number of ether oxygens (including phenoxy) is 1. The van der Waals surface area contributed by atoms with Crippen LogP contribution in [0.1, 0.15) is 23.1 Å². The van der Waals surface area contributed by atoms with Gasteiger partial charge in [-0.05, 0) is 61.2 Å². The number of benzene rings is 1. The van der Waals surface area contributed by atoms with Crippen LogP contribution in [-0.4, -0.2) is 34.3 Å². The quantitative estimate of drug-likeness (QED) is 0.203. The van der Waals surface area contributed by atoms with Gasteiger partial charge in [-0.25, -0.2) is 4.98 Å². The van der Waals surface area contributed by atoms with Crippen molar-refractivity contribution in [3.8, 4) is 11.6 Å². The zero-order valence-corrected chi connectivity index (χ0v) is 20.0. The van der Waals surface area contributed by atoms with Crippen molar-refractivity contribution in [2.45, 2.75) is 33.4 Å². The van der Waals surface area contributed by atoms with E-state index >= 15 is 0 Å². The van der Waals surface area contributed by atoms with E-state index < -0.39 is 0 Å². The van der Waals surface area contributed by atoms with Crippen LogP contribution in [0.25, 0.3) is 0 Å². The zero-order chi connectivity index (χ0) is 20.5. The molecule has 2 aromatic heterocycles. The van der Waals surface area contributed by atoms with Gasteiger partial charge in [0, 0.05) is 51.3 Å². The lowest BCUT2D eigenvalue weighted by Crippen LogP contribution is -2.37. The van der Waals surface area contributed by atoms with Crippen molar-refractivity contribution >= 4 is 29.9 Å². The molecule has 3 aromatic rings. The number of hydrogen-bond acceptors (Lipinski definition) is 4. The molecule has 2 heterocycles. The average Bonchev–Trinajstić information content (AvgIpc) is 3.24. The molecule has 0 radical (unpaired) electrons. The van der Waals surface area contributed by atoms with Crippen molar-refractivity contribution in [1.82, 2.24) is 25.4 Å². The van der Waals surface area contributed by atoms with Crippen molar-refractivity contribution < 1.29 is 4.74 Å². The van der Waals surface area contributed by atoms with Crippen molar-refractivity contribution in [2.24, 2.45) is 4.99 Å². The van der Waals surface area contributed by atoms with E-state index in [0.717, 1.165) is 36.8 Å². The van der Waals surface area contributed by atoms with E-state index in [4.69, 9.17) is 4.74 Å². The Morgan fingerprint density at radius 1 is 1.10 bits per heavy atom. The molecule has 1 aromatic carbocycles. The summed E-state index contributed by atoms with van der Waals surface area (Å²) in [5.74, 6) is 2.13. The maximum absolute atomic E-state index is 5.91. The Balaban J connectivity index is 0.00000320. The second-order valence-electron chi connectivity index (χ2n) is 6.83. The van der Waals surface area contributed by atoms with Crippen molar-refractivity contribution in [2.75, 3.05) is 13.6 Å². The maximum atomic E-state index is 5.91. The summed E-state index contributed by atoms with van der Waals surface area (Å²) in [7, 11) is 1.77. The van der Waals surface area contributed by atoms with Gasteiger partial charge >= 0.3 is 0 Å². The molecule has 0 aliphatic rings. The second-order valence-corrected chi connectivity index (χ2v) is 6.83. The van der Waals surface area contributed by atoms with Gasteiger partial charge in [0.15, 0.2) is 5.96 Å². The van der Waals surface area contributed by atoms with Gasteiger partial charge in [0.2, 0.25) is 5.88 Å². The van der Waals surface area contributed by atoms with Gasteiger partial charge in [0.25, 0.3) is 0 Å². The molecule has 0 bridgehead atoms. The Labute approximate surface area is 195 Å². The lowest BCUT2D eigenvalue weighted by molar-refractivity contribution is 0.461. The Morgan fingerprint density at radius 2 is 1.97 bits per heavy atom. The summed E-state index contributed by atoms with van der Waals surface area (Å²) < 4.78 is 7.83. The van der Waals surface area contributed by atoms with Crippen molar-refractivity contribution in [3.05, 3.63) is 71.7 Å². The van der Waals surface area contributed by atoms with Gasteiger partial charge in [0.05, 0.1) is 0 Å². The van der Waals surface area contributed by atoms with Crippen LogP contribution in [0.3, 0.4) is 0 Å². The number of aromatic nitrogens is 3. The van der Waals surface area contributed by atoms with Gasteiger partial charge in [-0.3, -0.25) is 9.67 Å². The van der Waals surface area contributed by atoms with Crippen LogP contribution in [0.5, 0.6) is 11.6 Å². The van der Waals surface area contributed by atoms with E-state index in [1.54, 1.807) is 19.4 Å². The van der Waals surface area contributed by atoms with Gasteiger partial charge < -0.3 is 15.4 Å². The number of pyridine rings is 1. The van der Waals surface area contributed by atoms with Gasteiger partial charge in [-0.2, -0.15) is 5.10 Å². The molecule has 0 saturated carbocycles. The minimum Gasteiger partial charge on any atom is -0.439 e. The van der Waals surface area contributed by atoms with E-state index in [1.165, 1.54) is 11.1 Å². The molecule has 0 unspecified atom stereocenters. The second kappa shape index (κ2) is 12.2. The predicted molar refractivity (Wildman–Crippen MR) is 131 cm³/mol. The third-order valence-corrected chi connectivity index (χ3v) is 4.60.